The Kier molecular flexibility index (Phi) is 3.51. The third-order valence-electron chi connectivity index (χ3n) is 2.96. The average Bonchev–Trinajstić information content (AvgIpc) is 2.42. The molecule has 0 atom stereocenters. The van der Waals surface area contributed by atoms with E-state index in [2.05, 4.69) is 4.98 Å². The largest absolute Gasteiger partial charge is 0.482 e. The Hall–Kier alpha value is -1.78. The lowest BCUT2D eigenvalue weighted by atomic mass is 10.2. The van der Waals surface area contributed by atoms with Gasteiger partial charge in [0.25, 0.3) is 5.91 Å². The lowest BCUT2D eigenvalue weighted by molar-refractivity contribution is -0.121. The molecule has 1 aromatic heterocycles. The predicted octanol–water partition coefficient (Wildman–Crippen LogP) is 3.31. The number of hydrogen-bond acceptors (Lipinski definition) is 3. The molecule has 1 aliphatic rings. The number of ether oxygens (including phenoxy) is 1. The molecule has 1 aromatic carbocycles. The summed E-state index contributed by atoms with van der Waals surface area (Å²) in [4.78, 5) is 17.9. The van der Waals surface area contributed by atoms with Crippen LogP contribution in [0.2, 0.25) is 10.0 Å². The Labute approximate surface area is 125 Å². The molecule has 20 heavy (non-hydrogen) atoms. The minimum atomic E-state index is -0.137. The molecule has 2 heterocycles. The topological polar surface area (TPSA) is 42.4 Å². The Morgan fingerprint density at radius 1 is 1.20 bits per heavy atom. The van der Waals surface area contributed by atoms with Crippen molar-refractivity contribution in [3.8, 4) is 5.75 Å². The van der Waals surface area contributed by atoms with Crippen molar-refractivity contribution in [1.82, 2.24) is 4.98 Å². The highest BCUT2D eigenvalue weighted by atomic mass is 35.5. The first-order valence-electron chi connectivity index (χ1n) is 5.96. The molecular weight excluding hydrogens is 299 g/mol. The van der Waals surface area contributed by atoms with Gasteiger partial charge in [0.05, 0.1) is 17.9 Å². The van der Waals surface area contributed by atoms with E-state index in [-0.39, 0.29) is 12.5 Å². The fourth-order valence-corrected chi connectivity index (χ4v) is 2.39. The number of pyridine rings is 1. The first-order valence-corrected chi connectivity index (χ1v) is 6.72. The van der Waals surface area contributed by atoms with Crippen molar-refractivity contribution >= 4 is 34.8 Å². The number of rotatable bonds is 2. The molecule has 3 rings (SSSR count). The summed E-state index contributed by atoms with van der Waals surface area (Å²) in [5, 5.41) is 1.13. The van der Waals surface area contributed by atoms with Crippen LogP contribution in [-0.2, 0) is 11.3 Å². The van der Waals surface area contributed by atoms with Crippen LogP contribution in [0.5, 0.6) is 5.75 Å². The van der Waals surface area contributed by atoms with Crippen LogP contribution < -0.4 is 9.64 Å². The number of hydrogen-bond donors (Lipinski definition) is 0. The second-order valence-electron chi connectivity index (χ2n) is 4.35. The minimum absolute atomic E-state index is 0.00913. The summed E-state index contributed by atoms with van der Waals surface area (Å²) >= 11 is 11.9. The van der Waals surface area contributed by atoms with Crippen molar-refractivity contribution in [3.05, 3.63) is 52.3 Å². The summed E-state index contributed by atoms with van der Waals surface area (Å²) in [7, 11) is 0. The van der Waals surface area contributed by atoms with Gasteiger partial charge in [-0.15, -0.1) is 0 Å². The van der Waals surface area contributed by atoms with Gasteiger partial charge in [-0.3, -0.25) is 14.7 Å². The second-order valence-corrected chi connectivity index (χ2v) is 5.22. The maximum Gasteiger partial charge on any atom is 0.265 e. The molecule has 2 aromatic rings. The van der Waals surface area contributed by atoms with Gasteiger partial charge in [-0.25, -0.2) is 0 Å². The molecule has 0 N–H and O–H groups in total. The number of aromatic nitrogens is 1. The molecule has 4 nitrogen and oxygen atoms in total. The van der Waals surface area contributed by atoms with Crippen molar-refractivity contribution in [2.75, 3.05) is 11.5 Å². The van der Waals surface area contributed by atoms with Crippen molar-refractivity contribution in [2.24, 2.45) is 0 Å². The van der Waals surface area contributed by atoms with E-state index in [4.69, 9.17) is 27.9 Å². The third-order valence-corrected chi connectivity index (χ3v) is 3.43. The smallest absolute Gasteiger partial charge is 0.265 e. The number of nitrogens with zero attached hydrogens (tertiary/aromatic N) is 2. The molecule has 0 unspecified atom stereocenters. The van der Waals surface area contributed by atoms with E-state index in [1.54, 1.807) is 41.4 Å². The van der Waals surface area contributed by atoms with E-state index in [1.807, 2.05) is 0 Å². The monoisotopic (exact) mass is 308 g/mol. The van der Waals surface area contributed by atoms with Crippen LogP contribution in [0.15, 0.2) is 36.5 Å². The van der Waals surface area contributed by atoms with E-state index < -0.39 is 0 Å². The van der Waals surface area contributed by atoms with E-state index >= 15 is 0 Å². The van der Waals surface area contributed by atoms with Gasteiger partial charge in [0.2, 0.25) is 0 Å². The van der Waals surface area contributed by atoms with Gasteiger partial charge in [0.15, 0.2) is 6.61 Å². The standard InChI is InChI=1S/C14H10Cl2N2O2/c15-9-1-2-13-12(6-9)18(14(19)8-20-13)7-11-5-10(16)3-4-17-11/h1-6H,7-8H2. The molecule has 1 aliphatic heterocycles. The Bertz CT molecular complexity index is 676. The zero-order valence-corrected chi connectivity index (χ0v) is 11.9. The van der Waals surface area contributed by atoms with Crippen LogP contribution in [0.4, 0.5) is 5.69 Å². The number of halogens is 2. The molecule has 0 radical (unpaired) electrons. The predicted molar refractivity (Wildman–Crippen MR) is 77.4 cm³/mol. The van der Waals surface area contributed by atoms with Crippen LogP contribution >= 0.6 is 23.2 Å². The van der Waals surface area contributed by atoms with E-state index in [9.17, 15) is 4.79 Å². The first kappa shape index (κ1) is 13.2. The zero-order valence-electron chi connectivity index (χ0n) is 10.3. The summed E-state index contributed by atoms with van der Waals surface area (Å²) in [5.41, 5.74) is 1.36. The summed E-state index contributed by atoms with van der Waals surface area (Å²) in [6.07, 6.45) is 1.61. The average molecular weight is 309 g/mol. The van der Waals surface area contributed by atoms with Crippen LogP contribution in [0.25, 0.3) is 0 Å². The Morgan fingerprint density at radius 2 is 2.00 bits per heavy atom. The van der Waals surface area contributed by atoms with Crippen LogP contribution in [0.1, 0.15) is 5.69 Å². The van der Waals surface area contributed by atoms with Crippen molar-refractivity contribution < 1.29 is 9.53 Å². The van der Waals surface area contributed by atoms with Gasteiger partial charge < -0.3 is 4.74 Å². The quantitative estimate of drug-likeness (QED) is 0.854. The third kappa shape index (κ3) is 2.57. The van der Waals surface area contributed by atoms with Crippen LogP contribution in [0.3, 0.4) is 0 Å². The summed E-state index contributed by atoms with van der Waals surface area (Å²) in [5.74, 6) is 0.498. The van der Waals surface area contributed by atoms with Crippen LogP contribution in [-0.4, -0.2) is 17.5 Å². The van der Waals surface area contributed by atoms with E-state index in [0.29, 0.717) is 33.7 Å². The molecule has 6 heteroatoms. The number of benzene rings is 1. The number of carbonyl (C=O) groups excluding carboxylic acids is 1. The van der Waals surface area contributed by atoms with Crippen molar-refractivity contribution in [3.63, 3.8) is 0 Å². The zero-order chi connectivity index (χ0) is 14.1. The van der Waals surface area contributed by atoms with Gasteiger partial charge in [-0.2, -0.15) is 0 Å². The van der Waals surface area contributed by atoms with Crippen molar-refractivity contribution in [1.29, 1.82) is 0 Å². The fourth-order valence-electron chi connectivity index (χ4n) is 2.05. The molecule has 0 fully saturated rings. The molecule has 1 amide bonds. The highest BCUT2D eigenvalue weighted by Crippen LogP contribution is 2.35. The van der Waals surface area contributed by atoms with Crippen LogP contribution in [0, 0.1) is 0 Å². The van der Waals surface area contributed by atoms with E-state index in [0.717, 1.165) is 0 Å². The number of amides is 1. The molecule has 102 valence electrons. The molecule has 0 saturated heterocycles. The van der Waals surface area contributed by atoms with Gasteiger partial charge >= 0.3 is 0 Å². The van der Waals surface area contributed by atoms with Crippen molar-refractivity contribution in [2.45, 2.75) is 6.54 Å². The fraction of sp³-hybridized carbons (Fsp3) is 0.143. The normalized spacial score (nSPS) is 13.9. The lowest BCUT2D eigenvalue weighted by Crippen LogP contribution is -2.38. The number of fused-ring (bicyclic) bond motifs is 1. The maximum absolute atomic E-state index is 12.1. The number of anilines is 1. The highest BCUT2D eigenvalue weighted by molar-refractivity contribution is 6.31. The molecule has 0 spiro atoms. The minimum Gasteiger partial charge on any atom is -0.482 e. The summed E-state index contributed by atoms with van der Waals surface area (Å²) in [6, 6.07) is 8.61. The van der Waals surface area contributed by atoms with Gasteiger partial charge in [0.1, 0.15) is 5.75 Å². The van der Waals surface area contributed by atoms with E-state index in [1.165, 1.54) is 0 Å². The summed E-state index contributed by atoms with van der Waals surface area (Å²) in [6.45, 7) is 0.339. The number of carbonyl (C=O) groups is 1. The Balaban J connectivity index is 1.97. The molecule has 0 bridgehead atoms. The highest BCUT2D eigenvalue weighted by Gasteiger charge is 2.26. The molecule has 0 saturated carbocycles. The molecular formula is C14H10Cl2N2O2. The van der Waals surface area contributed by atoms with Gasteiger partial charge in [-0.05, 0) is 30.3 Å². The second kappa shape index (κ2) is 5.31. The Morgan fingerprint density at radius 3 is 2.80 bits per heavy atom. The lowest BCUT2D eigenvalue weighted by Gasteiger charge is -2.29. The van der Waals surface area contributed by atoms with Gasteiger partial charge in [0, 0.05) is 16.2 Å². The SMILES string of the molecule is O=C1COc2ccc(Cl)cc2N1Cc1cc(Cl)ccn1. The van der Waals surface area contributed by atoms with Gasteiger partial charge in [-0.1, -0.05) is 23.2 Å². The molecule has 0 aliphatic carbocycles. The summed E-state index contributed by atoms with van der Waals surface area (Å²) < 4.78 is 5.39. The maximum atomic E-state index is 12.1. The first-order chi connectivity index (χ1) is 9.63.